The van der Waals surface area contributed by atoms with Crippen molar-refractivity contribution in [1.29, 1.82) is 5.26 Å². The van der Waals surface area contributed by atoms with E-state index in [0.29, 0.717) is 5.56 Å². The molecule has 0 radical (unpaired) electrons. The average molecular weight is 441 g/mol. The second-order valence-corrected chi connectivity index (χ2v) is 6.03. The van der Waals surface area contributed by atoms with Crippen LogP contribution in [0, 0.1) is 11.3 Å². The summed E-state index contributed by atoms with van der Waals surface area (Å²) >= 11 is 0. The van der Waals surface area contributed by atoms with E-state index in [4.69, 9.17) is 5.26 Å². The van der Waals surface area contributed by atoms with Crippen LogP contribution in [0.3, 0.4) is 0 Å². The number of aryl methyl sites for hydroxylation is 1. The third kappa shape index (κ3) is 4.18. The van der Waals surface area contributed by atoms with Crippen molar-refractivity contribution >= 4 is 28.7 Å². The molecule has 0 unspecified atom stereocenters. The third-order valence-electron chi connectivity index (χ3n) is 4.17. The smallest absolute Gasteiger partial charge is 0.212 e. The molecule has 0 saturated carbocycles. The molecule has 0 amide bonds. The Morgan fingerprint density at radius 3 is 2.52 bits per heavy atom. The predicted octanol–water partition coefficient (Wildman–Crippen LogP) is 0.776. The van der Waals surface area contributed by atoms with E-state index in [1.807, 2.05) is 44.4 Å². The van der Waals surface area contributed by atoms with E-state index in [0.717, 1.165) is 11.3 Å². The van der Waals surface area contributed by atoms with E-state index in [1.54, 1.807) is 0 Å². The van der Waals surface area contributed by atoms with Crippen molar-refractivity contribution in [2.45, 2.75) is 0 Å². The molecule has 1 heterocycles. The average Bonchev–Trinajstić information content (AvgIpc) is 2.61. The highest BCUT2D eigenvalue weighted by Gasteiger charge is 2.10. The fourth-order valence-corrected chi connectivity index (χ4v) is 2.75. The number of nitrogens with zero attached hydrogens (tertiary/aromatic N) is 3. The van der Waals surface area contributed by atoms with E-state index in [1.165, 1.54) is 16.6 Å². The van der Waals surface area contributed by atoms with Gasteiger partial charge in [0, 0.05) is 43.4 Å². The first kappa shape index (κ1) is 18.9. The summed E-state index contributed by atoms with van der Waals surface area (Å²) in [7, 11) is 6.17. The Bertz CT molecular complexity index is 969. The maximum atomic E-state index is 8.99. The van der Waals surface area contributed by atoms with Gasteiger partial charge in [-0.05, 0) is 42.0 Å². The second-order valence-electron chi connectivity index (χ2n) is 6.03. The number of hydrogen-bond acceptors (Lipinski definition) is 2. The summed E-state index contributed by atoms with van der Waals surface area (Å²) in [6, 6.07) is 20.5. The van der Waals surface area contributed by atoms with Gasteiger partial charge >= 0.3 is 0 Å². The molecule has 0 spiro atoms. The zero-order valence-electron chi connectivity index (χ0n) is 14.6. The Labute approximate surface area is 165 Å². The molecule has 0 atom stereocenters. The van der Waals surface area contributed by atoms with E-state index in [9.17, 15) is 0 Å². The van der Waals surface area contributed by atoms with Gasteiger partial charge in [-0.15, -0.1) is 0 Å². The van der Waals surface area contributed by atoms with Gasteiger partial charge in [0.25, 0.3) is 0 Å². The summed E-state index contributed by atoms with van der Waals surface area (Å²) in [6.45, 7) is 0. The number of aromatic nitrogens is 1. The van der Waals surface area contributed by atoms with Crippen LogP contribution in [0.1, 0.15) is 16.8 Å². The van der Waals surface area contributed by atoms with Crippen LogP contribution in [-0.4, -0.2) is 14.1 Å². The molecule has 3 nitrogen and oxygen atoms in total. The summed E-state index contributed by atoms with van der Waals surface area (Å²) in [5.41, 5.74) is 5.20. The first-order chi connectivity index (χ1) is 11.6. The van der Waals surface area contributed by atoms with Crippen molar-refractivity contribution in [3.8, 4) is 6.07 Å². The predicted molar refractivity (Wildman–Crippen MR) is 99.5 cm³/mol. The van der Waals surface area contributed by atoms with E-state index in [-0.39, 0.29) is 24.0 Å². The highest BCUT2D eigenvalue weighted by molar-refractivity contribution is 5.81. The zero-order chi connectivity index (χ0) is 17.1. The second kappa shape index (κ2) is 8.13. The van der Waals surface area contributed by atoms with Crippen LogP contribution >= 0.6 is 0 Å². The third-order valence-corrected chi connectivity index (χ3v) is 4.17. The van der Waals surface area contributed by atoms with Gasteiger partial charge in [-0.3, -0.25) is 0 Å². The number of rotatable bonds is 3. The highest BCUT2D eigenvalue weighted by atomic mass is 127. The van der Waals surface area contributed by atoms with Crippen LogP contribution in [0.4, 0.5) is 5.69 Å². The van der Waals surface area contributed by atoms with Gasteiger partial charge < -0.3 is 28.9 Å². The van der Waals surface area contributed by atoms with Gasteiger partial charge in [0.1, 0.15) is 7.05 Å². The van der Waals surface area contributed by atoms with E-state index in [2.05, 4.69) is 59.0 Å². The molecule has 0 bridgehead atoms. The molecular formula is C21H20IN3. The lowest BCUT2D eigenvalue weighted by atomic mass is 10.1. The topological polar surface area (TPSA) is 30.9 Å². The van der Waals surface area contributed by atoms with Gasteiger partial charge in [-0.1, -0.05) is 12.1 Å². The lowest BCUT2D eigenvalue weighted by Gasteiger charge is -2.12. The number of nitriles is 1. The molecule has 0 saturated heterocycles. The highest BCUT2D eigenvalue weighted by Crippen LogP contribution is 2.19. The standard InChI is InChI=1S/C21H20N3.HI/c1-23(2)20-11-12-21-18(14-20)8-10-19(24(21)3)9-7-16-5-4-6-17(13-16)15-22;/h4-14H,1-3H3;1H/q+1;/p-1/b9-7+;. The van der Waals surface area contributed by atoms with Gasteiger partial charge in [-0.25, -0.2) is 0 Å². The fourth-order valence-electron chi connectivity index (χ4n) is 2.75. The zero-order valence-corrected chi connectivity index (χ0v) is 16.7. The van der Waals surface area contributed by atoms with Crippen molar-refractivity contribution in [3.05, 3.63) is 71.4 Å². The number of hydrogen-bond donors (Lipinski definition) is 0. The first-order valence-corrected chi connectivity index (χ1v) is 7.87. The normalized spacial score (nSPS) is 10.5. The summed E-state index contributed by atoms with van der Waals surface area (Å²) in [6.07, 6.45) is 4.12. The molecule has 1 aromatic heterocycles. The van der Waals surface area contributed by atoms with Crippen molar-refractivity contribution < 1.29 is 28.5 Å². The number of pyridine rings is 1. The molecule has 3 rings (SSSR count). The lowest BCUT2D eigenvalue weighted by molar-refractivity contribution is -0.646. The molecule has 3 aromatic rings. The summed E-state index contributed by atoms with van der Waals surface area (Å²) in [4.78, 5) is 2.11. The van der Waals surface area contributed by atoms with Crippen LogP contribution in [0.5, 0.6) is 0 Å². The van der Waals surface area contributed by atoms with Crippen LogP contribution in [0.25, 0.3) is 23.1 Å². The van der Waals surface area contributed by atoms with Gasteiger partial charge in [0.2, 0.25) is 11.2 Å². The molecule has 0 aliphatic carbocycles. The van der Waals surface area contributed by atoms with Crippen molar-refractivity contribution in [3.63, 3.8) is 0 Å². The fraction of sp³-hybridized carbons (Fsp3) is 0.143. The maximum Gasteiger partial charge on any atom is 0.212 e. The number of fused-ring (bicyclic) bond motifs is 1. The van der Waals surface area contributed by atoms with Crippen LogP contribution in [0.15, 0.2) is 54.6 Å². The Hall–Kier alpha value is -2.39. The first-order valence-electron chi connectivity index (χ1n) is 7.87. The summed E-state index contributed by atoms with van der Waals surface area (Å²) in [5.74, 6) is 0. The molecule has 0 aliphatic rings. The largest absolute Gasteiger partial charge is 1.00 e. The Morgan fingerprint density at radius 2 is 1.80 bits per heavy atom. The molecule has 2 aromatic carbocycles. The Kier molecular flexibility index (Phi) is 6.16. The Balaban J connectivity index is 0.00000225. The molecule has 126 valence electrons. The minimum Gasteiger partial charge on any atom is -1.00 e. The van der Waals surface area contributed by atoms with Gasteiger partial charge in [0.05, 0.1) is 11.6 Å². The van der Waals surface area contributed by atoms with Crippen molar-refractivity contribution in [2.75, 3.05) is 19.0 Å². The molecule has 0 aliphatic heterocycles. The van der Waals surface area contributed by atoms with E-state index < -0.39 is 0 Å². The molecule has 25 heavy (non-hydrogen) atoms. The Morgan fingerprint density at radius 1 is 1.00 bits per heavy atom. The van der Waals surface area contributed by atoms with Gasteiger partial charge in [-0.2, -0.15) is 9.83 Å². The van der Waals surface area contributed by atoms with Crippen molar-refractivity contribution in [1.82, 2.24) is 0 Å². The summed E-state index contributed by atoms with van der Waals surface area (Å²) < 4.78 is 2.18. The van der Waals surface area contributed by atoms with Crippen LogP contribution < -0.4 is 33.4 Å². The molecule has 4 heteroatoms. The molecule has 0 fully saturated rings. The van der Waals surface area contributed by atoms with Crippen LogP contribution in [0.2, 0.25) is 0 Å². The monoisotopic (exact) mass is 441 g/mol. The number of halogens is 1. The quantitative estimate of drug-likeness (QED) is 0.445. The minimum atomic E-state index is 0. The van der Waals surface area contributed by atoms with Crippen LogP contribution in [-0.2, 0) is 7.05 Å². The molecule has 0 N–H and O–H groups in total. The van der Waals surface area contributed by atoms with E-state index >= 15 is 0 Å². The lowest BCUT2D eigenvalue weighted by Crippen LogP contribution is -3.00. The molecular weight excluding hydrogens is 421 g/mol. The van der Waals surface area contributed by atoms with Crippen molar-refractivity contribution in [2.24, 2.45) is 7.05 Å². The SMILES string of the molecule is CN(C)c1ccc2c(ccc(/C=C/c3cccc(C#N)c3)[n+]2C)c1.[I-]. The number of anilines is 1. The van der Waals surface area contributed by atoms with Gasteiger partial charge in [0.15, 0.2) is 0 Å². The number of benzene rings is 2. The summed E-state index contributed by atoms with van der Waals surface area (Å²) in [5, 5.41) is 10.2. The maximum absolute atomic E-state index is 8.99. The minimum absolute atomic E-state index is 0.